The van der Waals surface area contributed by atoms with Gasteiger partial charge in [-0.25, -0.2) is 8.42 Å². The molecule has 2 aromatic carbocycles. The van der Waals surface area contributed by atoms with E-state index in [1.807, 2.05) is 36.4 Å². The zero-order valence-corrected chi connectivity index (χ0v) is 12.9. The van der Waals surface area contributed by atoms with Crippen molar-refractivity contribution in [1.29, 1.82) is 0 Å². The summed E-state index contributed by atoms with van der Waals surface area (Å²) in [7, 11) is -3.50. The average molecular weight is 301 g/mol. The second-order valence-corrected chi connectivity index (χ2v) is 7.12. The van der Waals surface area contributed by atoms with Crippen molar-refractivity contribution in [2.75, 3.05) is 4.72 Å². The van der Waals surface area contributed by atoms with E-state index in [2.05, 4.69) is 11.6 Å². The molecule has 0 unspecified atom stereocenters. The highest BCUT2D eigenvalue weighted by atomic mass is 32.2. The van der Waals surface area contributed by atoms with Crippen LogP contribution < -0.4 is 4.72 Å². The minimum absolute atomic E-state index is 0.350. The van der Waals surface area contributed by atoms with Crippen molar-refractivity contribution in [2.45, 2.75) is 37.5 Å². The van der Waals surface area contributed by atoms with E-state index in [1.165, 1.54) is 16.7 Å². The van der Waals surface area contributed by atoms with E-state index in [-0.39, 0.29) is 0 Å². The maximum atomic E-state index is 12.4. The van der Waals surface area contributed by atoms with Gasteiger partial charge in [0.25, 0.3) is 10.0 Å². The first-order chi connectivity index (χ1) is 10.1. The van der Waals surface area contributed by atoms with Crippen molar-refractivity contribution in [1.82, 2.24) is 0 Å². The fourth-order valence-electron chi connectivity index (χ4n) is 2.74. The molecule has 0 aliphatic heterocycles. The second-order valence-electron chi connectivity index (χ2n) is 5.44. The Morgan fingerprint density at radius 2 is 1.71 bits per heavy atom. The molecule has 0 atom stereocenters. The lowest BCUT2D eigenvalue weighted by atomic mass is 10.1. The summed E-state index contributed by atoms with van der Waals surface area (Å²) in [6.07, 6.45) is 4.09. The second kappa shape index (κ2) is 5.53. The van der Waals surface area contributed by atoms with E-state index in [0.29, 0.717) is 10.6 Å². The molecular weight excluding hydrogens is 282 g/mol. The minimum atomic E-state index is -3.50. The van der Waals surface area contributed by atoms with Gasteiger partial charge >= 0.3 is 0 Å². The van der Waals surface area contributed by atoms with Crippen LogP contribution in [0.15, 0.2) is 47.4 Å². The maximum absolute atomic E-state index is 12.4. The van der Waals surface area contributed by atoms with Crippen LogP contribution in [0, 0.1) is 0 Å². The molecule has 0 amide bonds. The zero-order valence-electron chi connectivity index (χ0n) is 12.1. The summed E-state index contributed by atoms with van der Waals surface area (Å²) >= 11 is 0. The van der Waals surface area contributed by atoms with Gasteiger partial charge in [0.15, 0.2) is 0 Å². The Balaban J connectivity index is 1.86. The Morgan fingerprint density at radius 3 is 2.43 bits per heavy atom. The van der Waals surface area contributed by atoms with Crippen molar-refractivity contribution in [3.05, 3.63) is 59.2 Å². The largest absolute Gasteiger partial charge is 0.280 e. The first-order valence-electron chi connectivity index (χ1n) is 7.32. The van der Waals surface area contributed by atoms with Crippen molar-refractivity contribution in [2.24, 2.45) is 0 Å². The van der Waals surface area contributed by atoms with Crippen LogP contribution in [0.5, 0.6) is 0 Å². The Morgan fingerprint density at radius 1 is 1.00 bits per heavy atom. The molecule has 3 nitrogen and oxygen atoms in total. The molecule has 0 spiro atoms. The number of sulfonamides is 1. The fourth-order valence-corrected chi connectivity index (χ4v) is 3.85. The van der Waals surface area contributed by atoms with Gasteiger partial charge < -0.3 is 0 Å². The number of hydrogen-bond donors (Lipinski definition) is 1. The van der Waals surface area contributed by atoms with Gasteiger partial charge in [0, 0.05) is 5.69 Å². The minimum Gasteiger partial charge on any atom is -0.280 e. The van der Waals surface area contributed by atoms with E-state index in [0.717, 1.165) is 25.7 Å². The Kier molecular flexibility index (Phi) is 3.72. The van der Waals surface area contributed by atoms with Gasteiger partial charge in [-0.2, -0.15) is 0 Å². The standard InChI is InChI=1S/C17H19NO2S/c1-2-13-6-9-16(10-7-13)18-21(19,20)17-11-8-14-4-3-5-15(14)12-17/h6-12,18H,2-5H2,1H3. The summed E-state index contributed by atoms with van der Waals surface area (Å²) in [6, 6.07) is 13.0. The number of aryl methyl sites for hydroxylation is 3. The maximum Gasteiger partial charge on any atom is 0.261 e. The van der Waals surface area contributed by atoms with Gasteiger partial charge in [0.1, 0.15) is 0 Å². The lowest BCUT2D eigenvalue weighted by Crippen LogP contribution is -2.13. The van der Waals surface area contributed by atoms with E-state index >= 15 is 0 Å². The molecule has 1 N–H and O–H groups in total. The molecule has 0 saturated heterocycles. The molecule has 0 fully saturated rings. The van der Waals surface area contributed by atoms with Crippen LogP contribution in [0.4, 0.5) is 5.69 Å². The third-order valence-electron chi connectivity index (χ3n) is 3.99. The molecule has 110 valence electrons. The monoisotopic (exact) mass is 301 g/mol. The highest BCUT2D eigenvalue weighted by Crippen LogP contribution is 2.25. The smallest absolute Gasteiger partial charge is 0.261 e. The van der Waals surface area contributed by atoms with Gasteiger partial charge in [0.05, 0.1) is 4.90 Å². The summed E-state index contributed by atoms with van der Waals surface area (Å²) in [5, 5.41) is 0. The molecule has 21 heavy (non-hydrogen) atoms. The van der Waals surface area contributed by atoms with E-state index < -0.39 is 10.0 Å². The van der Waals surface area contributed by atoms with Crippen LogP contribution >= 0.6 is 0 Å². The number of fused-ring (bicyclic) bond motifs is 1. The van der Waals surface area contributed by atoms with Gasteiger partial charge in [-0.05, 0) is 66.6 Å². The number of rotatable bonds is 4. The first kappa shape index (κ1) is 14.1. The Hall–Kier alpha value is -1.81. The first-order valence-corrected chi connectivity index (χ1v) is 8.80. The number of nitrogens with one attached hydrogen (secondary N) is 1. The summed E-state index contributed by atoms with van der Waals surface area (Å²) in [4.78, 5) is 0.350. The summed E-state index contributed by atoms with van der Waals surface area (Å²) in [5.74, 6) is 0. The number of anilines is 1. The predicted octanol–water partition coefficient (Wildman–Crippen LogP) is 3.54. The van der Waals surface area contributed by atoms with E-state index in [4.69, 9.17) is 0 Å². The van der Waals surface area contributed by atoms with Gasteiger partial charge in [-0.1, -0.05) is 25.1 Å². The highest BCUT2D eigenvalue weighted by molar-refractivity contribution is 7.92. The summed E-state index contributed by atoms with van der Waals surface area (Å²) < 4.78 is 27.5. The third kappa shape index (κ3) is 2.95. The van der Waals surface area contributed by atoms with Gasteiger partial charge in [-0.3, -0.25) is 4.72 Å². The molecule has 4 heteroatoms. The Labute approximate surface area is 126 Å². The number of hydrogen-bond acceptors (Lipinski definition) is 2. The SMILES string of the molecule is CCc1ccc(NS(=O)(=O)c2ccc3c(c2)CCC3)cc1. The summed E-state index contributed by atoms with van der Waals surface area (Å²) in [6.45, 7) is 2.07. The molecule has 0 saturated carbocycles. The quantitative estimate of drug-likeness (QED) is 0.939. The Bertz CT molecular complexity index is 749. The van der Waals surface area contributed by atoms with Crippen LogP contribution in [0.3, 0.4) is 0 Å². The van der Waals surface area contributed by atoms with Crippen LogP contribution in [0.1, 0.15) is 30.0 Å². The lowest BCUT2D eigenvalue weighted by Gasteiger charge is -2.10. The normalized spacial score (nSPS) is 14.0. The fraction of sp³-hybridized carbons (Fsp3) is 0.294. The van der Waals surface area contributed by atoms with Gasteiger partial charge in [-0.15, -0.1) is 0 Å². The molecule has 0 heterocycles. The van der Waals surface area contributed by atoms with Crippen molar-refractivity contribution in [3.63, 3.8) is 0 Å². The van der Waals surface area contributed by atoms with Crippen molar-refractivity contribution >= 4 is 15.7 Å². The number of benzene rings is 2. The highest BCUT2D eigenvalue weighted by Gasteiger charge is 2.18. The van der Waals surface area contributed by atoms with Crippen LogP contribution in [0.25, 0.3) is 0 Å². The van der Waals surface area contributed by atoms with E-state index in [1.54, 1.807) is 6.07 Å². The molecule has 3 rings (SSSR count). The van der Waals surface area contributed by atoms with Crippen LogP contribution in [-0.4, -0.2) is 8.42 Å². The molecule has 0 radical (unpaired) electrons. The third-order valence-corrected chi connectivity index (χ3v) is 5.37. The molecular formula is C17H19NO2S. The molecule has 1 aliphatic carbocycles. The van der Waals surface area contributed by atoms with Crippen LogP contribution in [-0.2, 0) is 29.3 Å². The molecule has 2 aromatic rings. The average Bonchev–Trinajstić information content (AvgIpc) is 2.95. The van der Waals surface area contributed by atoms with Gasteiger partial charge in [0.2, 0.25) is 0 Å². The van der Waals surface area contributed by atoms with Crippen molar-refractivity contribution in [3.8, 4) is 0 Å². The van der Waals surface area contributed by atoms with E-state index in [9.17, 15) is 8.42 Å². The summed E-state index contributed by atoms with van der Waals surface area (Å²) in [5.41, 5.74) is 4.24. The molecule has 1 aliphatic rings. The molecule has 0 aromatic heterocycles. The lowest BCUT2D eigenvalue weighted by molar-refractivity contribution is 0.601. The molecule has 0 bridgehead atoms. The topological polar surface area (TPSA) is 46.2 Å². The zero-order chi connectivity index (χ0) is 14.9. The van der Waals surface area contributed by atoms with Crippen LogP contribution in [0.2, 0.25) is 0 Å². The predicted molar refractivity (Wildman–Crippen MR) is 85.1 cm³/mol. The van der Waals surface area contributed by atoms with Crippen molar-refractivity contribution < 1.29 is 8.42 Å².